The molecule has 2 aromatic carbocycles. The highest BCUT2D eigenvalue weighted by molar-refractivity contribution is 6.02. The van der Waals surface area contributed by atoms with Crippen LogP contribution in [0.5, 0.6) is 11.5 Å². The van der Waals surface area contributed by atoms with Crippen molar-refractivity contribution in [2.45, 2.75) is 18.9 Å². The Bertz CT molecular complexity index is 929. The number of carbonyl (C=O) groups is 2. The fourth-order valence-electron chi connectivity index (χ4n) is 3.51. The molecule has 33 heavy (non-hydrogen) atoms. The van der Waals surface area contributed by atoms with Gasteiger partial charge in [-0.2, -0.15) is 0 Å². The maximum absolute atomic E-state index is 12.6. The number of morpholine rings is 1. The molecule has 1 aliphatic rings. The molecule has 1 heterocycles. The van der Waals surface area contributed by atoms with E-state index in [9.17, 15) is 9.59 Å². The van der Waals surface area contributed by atoms with E-state index in [1.807, 2.05) is 0 Å². The van der Waals surface area contributed by atoms with Crippen LogP contribution >= 0.6 is 0 Å². The van der Waals surface area contributed by atoms with Crippen molar-refractivity contribution < 1.29 is 23.8 Å². The van der Waals surface area contributed by atoms with Gasteiger partial charge in [0.05, 0.1) is 32.5 Å². The van der Waals surface area contributed by atoms with Gasteiger partial charge < -0.3 is 30.2 Å². The number of carbonyl (C=O) groups excluding carboxylic acids is 2. The van der Waals surface area contributed by atoms with Crippen LogP contribution in [0.1, 0.15) is 23.2 Å². The lowest BCUT2D eigenvalue weighted by Crippen LogP contribution is -2.38. The Morgan fingerprint density at radius 1 is 1.15 bits per heavy atom. The third-order valence-electron chi connectivity index (χ3n) is 5.46. The fourth-order valence-corrected chi connectivity index (χ4v) is 3.51. The monoisotopic (exact) mass is 456 g/mol. The SMILES string of the molecule is COc1ccc(NC(=O)N(C)c2ccc(C(=O)NCCCC3CNCCO3)c(OC)c2)cc1. The number of hydrogen-bond donors (Lipinski definition) is 3. The van der Waals surface area contributed by atoms with E-state index in [-0.39, 0.29) is 18.0 Å². The molecular weight excluding hydrogens is 424 g/mol. The number of rotatable bonds is 9. The maximum atomic E-state index is 12.6. The minimum Gasteiger partial charge on any atom is -0.497 e. The van der Waals surface area contributed by atoms with Crippen LogP contribution in [-0.4, -0.2) is 65.6 Å². The average molecular weight is 457 g/mol. The van der Waals surface area contributed by atoms with Crippen LogP contribution in [0.2, 0.25) is 0 Å². The molecular formula is C24H32N4O5. The Morgan fingerprint density at radius 3 is 2.61 bits per heavy atom. The average Bonchev–Trinajstić information content (AvgIpc) is 2.86. The van der Waals surface area contributed by atoms with Gasteiger partial charge in [-0.1, -0.05) is 0 Å². The predicted molar refractivity (Wildman–Crippen MR) is 128 cm³/mol. The molecule has 0 aromatic heterocycles. The Balaban J connectivity index is 1.55. The third-order valence-corrected chi connectivity index (χ3v) is 5.46. The lowest BCUT2D eigenvalue weighted by atomic mass is 10.1. The molecule has 0 radical (unpaired) electrons. The molecule has 0 aliphatic carbocycles. The summed E-state index contributed by atoms with van der Waals surface area (Å²) in [6.07, 6.45) is 1.91. The van der Waals surface area contributed by atoms with Crippen molar-refractivity contribution in [2.24, 2.45) is 0 Å². The summed E-state index contributed by atoms with van der Waals surface area (Å²) in [7, 11) is 4.74. The maximum Gasteiger partial charge on any atom is 0.326 e. The van der Waals surface area contributed by atoms with Crippen molar-refractivity contribution in [3.63, 3.8) is 0 Å². The molecule has 1 saturated heterocycles. The number of nitrogens with one attached hydrogen (secondary N) is 3. The van der Waals surface area contributed by atoms with Crippen molar-refractivity contribution >= 4 is 23.3 Å². The van der Waals surface area contributed by atoms with E-state index in [1.165, 1.54) is 12.0 Å². The quantitative estimate of drug-likeness (QED) is 0.502. The zero-order valence-electron chi connectivity index (χ0n) is 19.3. The first-order valence-electron chi connectivity index (χ1n) is 11.0. The molecule has 1 unspecified atom stereocenters. The van der Waals surface area contributed by atoms with Gasteiger partial charge in [-0.05, 0) is 49.2 Å². The van der Waals surface area contributed by atoms with E-state index in [4.69, 9.17) is 14.2 Å². The van der Waals surface area contributed by atoms with Gasteiger partial charge in [0.1, 0.15) is 11.5 Å². The number of amides is 3. The van der Waals surface area contributed by atoms with Crippen molar-refractivity contribution in [3.8, 4) is 11.5 Å². The second-order valence-corrected chi connectivity index (χ2v) is 7.70. The van der Waals surface area contributed by atoms with Gasteiger partial charge in [-0.3, -0.25) is 9.69 Å². The van der Waals surface area contributed by atoms with E-state index in [0.29, 0.717) is 35.0 Å². The minimum absolute atomic E-state index is 0.198. The van der Waals surface area contributed by atoms with E-state index in [0.717, 1.165) is 32.5 Å². The van der Waals surface area contributed by atoms with Gasteiger partial charge in [0, 0.05) is 44.1 Å². The summed E-state index contributed by atoms with van der Waals surface area (Å²) in [6, 6.07) is 11.8. The van der Waals surface area contributed by atoms with Crippen molar-refractivity contribution in [1.82, 2.24) is 10.6 Å². The van der Waals surface area contributed by atoms with E-state index in [1.54, 1.807) is 56.6 Å². The number of anilines is 2. The summed E-state index contributed by atoms with van der Waals surface area (Å²) >= 11 is 0. The number of methoxy groups -OCH3 is 2. The van der Waals surface area contributed by atoms with Crippen molar-refractivity contribution in [3.05, 3.63) is 48.0 Å². The zero-order valence-corrected chi connectivity index (χ0v) is 19.3. The normalized spacial score (nSPS) is 15.4. The molecule has 0 saturated carbocycles. The van der Waals surface area contributed by atoms with Crippen LogP contribution in [-0.2, 0) is 4.74 Å². The first-order chi connectivity index (χ1) is 16.0. The van der Waals surface area contributed by atoms with Gasteiger partial charge in [-0.25, -0.2) is 4.79 Å². The molecule has 1 aliphatic heterocycles. The fraction of sp³-hybridized carbons (Fsp3) is 0.417. The Kier molecular flexibility index (Phi) is 8.91. The van der Waals surface area contributed by atoms with Crippen molar-refractivity contribution in [1.29, 1.82) is 0 Å². The Hall–Kier alpha value is -3.30. The molecule has 1 fully saturated rings. The lowest BCUT2D eigenvalue weighted by Gasteiger charge is -2.23. The van der Waals surface area contributed by atoms with Crippen LogP contribution in [0.15, 0.2) is 42.5 Å². The largest absolute Gasteiger partial charge is 0.497 e. The first kappa shape index (κ1) is 24.3. The van der Waals surface area contributed by atoms with Crippen LogP contribution in [0.25, 0.3) is 0 Å². The molecule has 3 amide bonds. The first-order valence-corrected chi connectivity index (χ1v) is 11.0. The summed E-state index contributed by atoms with van der Waals surface area (Å²) in [5.74, 6) is 0.889. The summed E-state index contributed by atoms with van der Waals surface area (Å²) in [6.45, 7) is 3.02. The minimum atomic E-state index is -0.321. The van der Waals surface area contributed by atoms with Gasteiger partial charge in [0.15, 0.2) is 0 Å². The highest BCUT2D eigenvalue weighted by Crippen LogP contribution is 2.26. The molecule has 0 spiro atoms. The second-order valence-electron chi connectivity index (χ2n) is 7.70. The molecule has 178 valence electrons. The highest BCUT2D eigenvalue weighted by atomic mass is 16.5. The van der Waals surface area contributed by atoms with Gasteiger partial charge >= 0.3 is 6.03 Å². The molecule has 9 nitrogen and oxygen atoms in total. The number of ether oxygens (including phenoxy) is 3. The van der Waals surface area contributed by atoms with Crippen LogP contribution in [0.3, 0.4) is 0 Å². The van der Waals surface area contributed by atoms with Crippen molar-refractivity contribution in [2.75, 3.05) is 57.7 Å². The van der Waals surface area contributed by atoms with E-state index < -0.39 is 0 Å². The number of benzene rings is 2. The predicted octanol–water partition coefficient (Wildman–Crippen LogP) is 2.87. The van der Waals surface area contributed by atoms with Crippen LogP contribution < -0.4 is 30.3 Å². The second kappa shape index (κ2) is 12.1. The summed E-state index contributed by atoms with van der Waals surface area (Å²) in [5.41, 5.74) is 1.65. The summed E-state index contributed by atoms with van der Waals surface area (Å²) in [5, 5.41) is 9.05. The molecule has 3 N–H and O–H groups in total. The smallest absolute Gasteiger partial charge is 0.326 e. The van der Waals surface area contributed by atoms with Gasteiger partial charge in [0.25, 0.3) is 5.91 Å². The van der Waals surface area contributed by atoms with Gasteiger partial charge in [-0.15, -0.1) is 0 Å². The third kappa shape index (κ3) is 6.84. The highest BCUT2D eigenvalue weighted by Gasteiger charge is 2.18. The molecule has 1 atom stereocenters. The summed E-state index contributed by atoms with van der Waals surface area (Å²) < 4.78 is 16.2. The Labute approximate surface area is 194 Å². The molecule has 2 aromatic rings. The van der Waals surface area contributed by atoms with Crippen LogP contribution in [0.4, 0.5) is 16.2 Å². The molecule has 0 bridgehead atoms. The molecule has 3 rings (SSSR count). The molecule has 9 heteroatoms. The van der Waals surface area contributed by atoms with Crippen LogP contribution in [0, 0.1) is 0 Å². The van der Waals surface area contributed by atoms with E-state index >= 15 is 0 Å². The zero-order chi connectivity index (χ0) is 23.6. The standard InChI is InChI=1S/C24H32N4O5/c1-28(24(30)27-17-6-9-19(31-2)10-7-17)18-8-11-21(22(15-18)32-3)23(29)26-12-4-5-20-16-25-13-14-33-20/h6-11,15,20,25H,4-5,12-14,16H2,1-3H3,(H,26,29)(H,27,30). The topological polar surface area (TPSA) is 101 Å². The number of urea groups is 1. The lowest BCUT2D eigenvalue weighted by molar-refractivity contribution is 0.0225. The number of nitrogens with zero attached hydrogens (tertiary/aromatic N) is 1. The van der Waals surface area contributed by atoms with E-state index in [2.05, 4.69) is 16.0 Å². The summed E-state index contributed by atoms with van der Waals surface area (Å²) in [4.78, 5) is 26.7. The Morgan fingerprint density at radius 2 is 1.94 bits per heavy atom. The van der Waals surface area contributed by atoms with Gasteiger partial charge in [0.2, 0.25) is 0 Å². The number of hydrogen-bond acceptors (Lipinski definition) is 6.